The molecule has 5 heteroatoms. The van der Waals surface area contributed by atoms with E-state index in [0.29, 0.717) is 10.6 Å². The highest BCUT2D eigenvalue weighted by Crippen LogP contribution is 2.17. The highest BCUT2D eigenvalue weighted by Gasteiger charge is 2.21. The van der Waals surface area contributed by atoms with Gasteiger partial charge in [-0.2, -0.15) is 0 Å². The van der Waals surface area contributed by atoms with Gasteiger partial charge < -0.3 is 9.88 Å². The largest absolute Gasteiger partial charge is 0.349 e. The molecule has 2 aromatic rings. The fourth-order valence-electron chi connectivity index (χ4n) is 2.38. The van der Waals surface area contributed by atoms with Gasteiger partial charge in [0, 0.05) is 31.4 Å². The molecule has 98 valence electrons. The molecule has 1 aromatic heterocycles. The van der Waals surface area contributed by atoms with Crippen LogP contribution in [0.15, 0.2) is 36.7 Å². The number of carbonyl (C=O) groups is 1. The first-order valence-corrected chi connectivity index (χ1v) is 6.67. The number of aryl methyl sites for hydroxylation is 1. The number of hydrogen-bond acceptors (Lipinski definition) is 2. The number of nitrogens with one attached hydrogen (secondary N) is 1. The lowest BCUT2D eigenvalue weighted by Gasteiger charge is -2.24. The number of carbonyl (C=O) groups excluding carboxylic acids is 1. The zero-order chi connectivity index (χ0) is 13.2. The summed E-state index contributed by atoms with van der Waals surface area (Å²) in [4.78, 5) is 16.5. The van der Waals surface area contributed by atoms with E-state index < -0.39 is 0 Å². The van der Waals surface area contributed by atoms with E-state index in [1.54, 1.807) is 18.3 Å². The summed E-state index contributed by atoms with van der Waals surface area (Å²) in [6.45, 7) is 0.892. The fraction of sp³-hybridized carbons (Fsp3) is 0.286. The van der Waals surface area contributed by atoms with Crippen molar-refractivity contribution in [1.82, 2.24) is 14.9 Å². The van der Waals surface area contributed by atoms with Gasteiger partial charge in [-0.1, -0.05) is 23.7 Å². The summed E-state index contributed by atoms with van der Waals surface area (Å²) < 4.78 is 2.12. The summed E-state index contributed by atoms with van der Waals surface area (Å²) in [7, 11) is 0. The minimum absolute atomic E-state index is 0.115. The number of fused-ring (bicyclic) bond motifs is 1. The van der Waals surface area contributed by atoms with E-state index in [4.69, 9.17) is 11.6 Å². The standard InChI is InChI=1S/C14H14ClN3O/c15-12-4-2-1-3-11(12)14(19)17-10-5-7-18-8-6-16-13(18)9-10/h1-4,6,8,10H,5,7,9H2,(H,17,19). The van der Waals surface area contributed by atoms with Gasteiger partial charge >= 0.3 is 0 Å². The lowest BCUT2D eigenvalue weighted by molar-refractivity contribution is 0.0930. The molecule has 0 radical (unpaired) electrons. The molecule has 0 fully saturated rings. The van der Waals surface area contributed by atoms with E-state index in [9.17, 15) is 4.79 Å². The smallest absolute Gasteiger partial charge is 0.253 e. The lowest BCUT2D eigenvalue weighted by atomic mass is 10.1. The summed E-state index contributed by atoms with van der Waals surface area (Å²) in [5.41, 5.74) is 0.526. The molecule has 4 nitrogen and oxygen atoms in total. The lowest BCUT2D eigenvalue weighted by Crippen LogP contribution is -2.40. The maximum atomic E-state index is 12.2. The Labute approximate surface area is 116 Å². The van der Waals surface area contributed by atoms with E-state index in [0.717, 1.165) is 25.2 Å². The topological polar surface area (TPSA) is 46.9 Å². The van der Waals surface area contributed by atoms with Gasteiger partial charge in [0.15, 0.2) is 0 Å². The fourth-order valence-corrected chi connectivity index (χ4v) is 2.60. The Morgan fingerprint density at radius 1 is 1.42 bits per heavy atom. The van der Waals surface area contributed by atoms with Gasteiger partial charge in [0.25, 0.3) is 5.91 Å². The quantitative estimate of drug-likeness (QED) is 0.914. The van der Waals surface area contributed by atoms with Crippen molar-refractivity contribution >= 4 is 17.5 Å². The average molecular weight is 276 g/mol. The van der Waals surface area contributed by atoms with Crippen molar-refractivity contribution in [2.75, 3.05) is 0 Å². The van der Waals surface area contributed by atoms with Crippen molar-refractivity contribution in [1.29, 1.82) is 0 Å². The Morgan fingerprint density at radius 2 is 2.26 bits per heavy atom. The summed E-state index contributed by atoms with van der Waals surface area (Å²) in [6, 6.07) is 7.22. The van der Waals surface area contributed by atoms with Crippen molar-refractivity contribution in [2.45, 2.75) is 25.4 Å². The number of rotatable bonds is 2. The van der Waals surface area contributed by atoms with E-state index in [1.807, 2.05) is 18.3 Å². The summed E-state index contributed by atoms with van der Waals surface area (Å²) in [5.74, 6) is 0.909. The molecule has 1 aromatic carbocycles. The van der Waals surface area contributed by atoms with Crippen LogP contribution in [0.3, 0.4) is 0 Å². The predicted octanol–water partition coefficient (Wildman–Crippen LogP) is 2.28. The van der Waals surface area contributed by atoms with Crippen LogP contribution in [0.4, 0.5) is 0 Å². The summed E-state index contributed by atoms with van der Waals surface area (Å²) in [6.07, 6.45) is 5.46. The highest BCUT2D eigenvalue weighted by molar-refractivity contribution is 6.33. The van der Waals surface area contributed by atoms with E-state index >= 15 is 0 Å². The number of hydrogen-bond donors (Lipinski definition) is 1. The molecule has 0 saturated carbocycles. The van der Waals surface area contributed by atoms with Crippen LogP contribution in [0.25, 0.3) is 0 Å². The van der Waals surface area contributed by atoms with Crippen LogP contribution in [0.1, 0.15) is 22.6 Å². The van der Waals surface area contributed by atoms with Crippen LogP contribution in [0.2, 0.25) is 5.02 Å². The second-order valence-electron chi connectivity index (χ2n) is 4.68. The Morgan fingerprint density at radius 3 is 3.11 bits per heavy atom. The van der Waals surface area contributed by atoms with Crippen molar-refractivity contribution in [3.63, 3.8) is 0 Å². The molecule has 1 atom stereocenters. The third-order valence-corrected chi connectivity index (χ3v) is 3.73. The zero-order valence-electron chi connectivity index (χ0n) is 10.3. The molecular formula is C14H14ClN3O. The van der Waals surface area contributed by atoms with Crippen LogP contribution in [0.5, 0.6) is 0 Å². The highest BCUT2D eigenvalue weighted by atomic mass is 35.5. The Kier molecular flexibility index (Phi) is 3.25. The molecule has 19 heavy (non-hydrogen) atoms. The van der Waals surface area contributed by atoms with Crippen LogP contribution in [-0.4, -0.2) is 21.5 Å². The van der Waals surface area contributed by atoms with Crippen molar-refractivity contribution in [3.8, 4) is 0 Å². The first-order valence-electron chi connectivity index (χ1n) is 6.29. The molecule has 3 rings (SSSR count). The Balaban J connectivity index is 1.70. The molecule has 0 aliphatic carbocycles. The van der Waals surface area contributed by atoms with Gasteiger partial charge in [-0.3, -0.25) is 4.79 Å². The molecule has 1 unspecified atom stereocenters. The van der Waals surface area contributed by atoms with Crippen LogP contribution >= 0.6 is 11.6 Å². The number of imidazole rings is 1. The molecule has 1 aliphatic rings. The van der Waals surface area contributed by atoms with Crippen molar-refractivity contribution in [2.24, 2.45) is 0 Å². The van der Waals surface area contributed by atoms with Crippen LogP contribution < -0.4 is 5.32 Å². The second kappa shape index (κ2) is 5.05. The number of benzene rings is 1. The van der Waals surface area contributed by atoms with Crippen molar-refractivity contribution in [3.05, 3.63) is 53.1 Å². The summed E-state index contributed by atoms with van der Waals surface area (Å²) in [5, 5.41) is 3.51. The number of aromatic nitrogens is 2. The third kappa shape index (κ3) is 2.49. The van der Waals surface area contributed by atoms with Gasteiger partial charge in [-0.15, -0.1) is 0 Å². The molecule has 1 amide bonds. The molecular weight excluding hydrogens is 262 g/mol. The predicted molar refractivity (Wildman–Crippen MR) is 73.3 cm³/mol. The van der Waals surface area contributed by atoms with Crippen LogP contribution in [0, 0.1) is 0 Å². The zero-order valence-corrected chi connectivity index (χ0v) is 11.1. The molecule has 0 saturated heterocycles. The molecule has 0 bridgehead atoms. The molecule has 1 aliphatic heterocycles. The maximum Gasteiger partial charge on any atom is 0.253 e. The number of nitrogens with zero attached hydrogens (tertiary/aromatic N) is 2. The van der Waals surface area contributed by atoms with Crippen LogP contribution in [-0.2, 0) is 13.0 Å². The Bertz CT molecular complexity index is 608. The normalized spacial score (nSPS) is 17.8. The third-order valence-electron chi connectivity index (χ3n) is 3.40. The first kappa shape index (κ1) is 12.2. The van der Waals surface area contributed by atoms with E-state index in [-0.39, 0.29) is 11.9 Å². The maximum absolute atomic E-state index is 12.2. The average Bonchev–Trinajstić information content (AvgIpc) is 2.86. The number of halogens is 1. The van der Waals surface area contributed by atoms with Gasteiger partial charge in [-0.05, 0) is 18.6 Å². The molecule has 1 N–H and O–H groups in total. The second-order valence-corrected chi connectivity index (χ2v) is 5.09. The van der Waals surface area contributed by atoms with E-state index in [2.05, 4.69) is 14.9 Å². The van der Waals surface area contributed by atoms with Crippen molar-refractivity contribution < 1.29 is 4.79 Å². The Hall–Kier alpha value is -1.81. The minimum atomic E-state index is -0.115. The molecule has 0 spiro atoms. The van der Waals surface area contributed by atoms with Gasteiger partial charge in [0.05, 0.1) is 10.6 Å². The number of amides is 1. The van der Waals surface area contributed by atoms with Gasteiger partial charge in [0.1, 0.15) is 5.82 Å². The monoisotopic (exact) mass is 275 g/mol. The minimum Gasteiger partial charge on any atom is -0.349 e. The SMILES string of the molecule is O=C(NC1CCn2ccnc2C1)c1ccccc1Cl. The van der Waals surface area contributed by atoms with Gasteiger partial charge in [-0.25, -0.2) is 4.98 Å². The first-order chi connectivity index (χ1) is 9.24. The molecule has 2 heterocycles. The summed E-state index contributed by atoms with van der Waals surface area (Å²) >= 11 is 6.02. The van der Waals surface area contributed by atoms with Gasteiger partial charge in [0.2, 0.25) is 0 Å². The van der Waals surface area contributed by atoms with E-state index in [1.165, 1.54) is 0 Å².